The first-order valence-electron chi connectivity index (χ1n) is 7.57. The summed E-state index contributed by atoms with van der Waals surface area (Å²) in [7, 11) is 0. The van der Waals surface area contributed by atoms with Gasteiger partial charge in [-0.3, -0.25) is 0 Å². The fourth-order valence-corrected chi connectivity index (χ4v) is 3.40. The van der Waals surface area contributed by atoms with Crippen molar-refractivity contribution in [3.05, 3.63) is 48.6 Å². The lowest BCUT2D eigenvalue weighted by Gasteiger charge is -2.24. The second kappa shape index (κ2) is 9.22. The van der Waals surface area contributed by atoms with Gasteiger partial charge in [-0.2, -0.15) is 11.8 Å². The van der Waals surface area contributed by atoms with Crippen molar-refractivity contribution in [2.45, 2.75) is 18.9 Å². The van der Waals surface area contributed by atoms with Gasteiger partial charge < -0.3 is 10.2 Å². The summed E-state index contributed by atoms with van der Waals surface area (Å²) in [6.07, 6.45) is 4.39. The van der Waals surface area contributed by atoms with E-state index < -0.39 is 0 Å². The average Bonchev–Trinajstić information content (AvgIpc) is 2.70. The lowest BCUT2D eigenvalue weighted by atomic mass is 10.1. The van der Waals surface area contributed by atoms with E-state index in [0.29, 0.717) is 6.04 Å². The molecule has 1 atom stereocenters. The number of nitrogens with one attached hydrogen (secondary N) is 1. The van der Waals surface area contributed by atoms with Crippen molar-refractivity contribution in [2.75, 3.05) is 37.7 Å². The fraction of sp³-hybridized carbons (Fsp3) is 0.529. The molecule has 1 N–H and O–H groups in total. The lowest BCUT2D eigenvalue weighted by Crippen LogP contribution is -2.40. The minimum Gasteiger partial charge on any atom is -0.312 e. The highest BCUT2D eigenvalue weighted by molar-refractivity contribution is 7.99. The van der Waals surface area contributed by atoms with Crippen LogP contribution >= 0.6 is 11.8 Å². The largest absolute Gasteiger partial charge is 0.312 e. The molecule has 1 aliphatic heterocycles. The lowest BCUT2D eigenvalue weighted by molar-refractivity contribution is 0.283. The van der Waals surface area contributed by atoms with Crippen molar-refractivity contribution in [3.63, 3.8) is 0 Å². The van der Waals surface area contributed by atoms with E-state index in [9.17, 15) is 0 Å². The van der Waals surface area contributed by atoms with Gasteiger partial charge in [0.1, 0.15) is 0 Å². The van der Waals surface area contributed by atoms with Crippen LogP contribution in [0, 0.1) is 0 Å². The molecule has 20 heavy (non-hydrogen) atoms. The Balaban J connectivity index is 1.79. The van der Waals surface area contributed by atoms with Crippen LogP contribution in [0.2, 0.25) is 0 Å². The number of rotatable bonds is 7. The van der Waals surface area contributed by atoms with Crippen molar-refractivity contribution >= 4 is 11.8 Å². The monoisotopic (exact) mass is 290 g/mol. The zero-order chi connectivity index (χ0) is 14.0. The molecule has 0 amide bonds. The van der Waals surface area contributed by atoms with Crippen LogP contribution in [0.4, 0.5) is 0 Å². The molecule has 1 saturated heterocycles. The van der Waals surface area contributed by atoms with Gasteiger partial charge in [0.25, 0.3) is 0 Å². The number of hydrogen-bond acceptors (Lipinski definition) is 3. The van der Waals surface area contributed by atoms with Crippen LogP contribution in [-0.2, 0) is 6.42 Å². The maximum atomic E-state index is 3.77. The van der Waals surface area contributed by atoms with E-state index in [-0.39, 0.29) is 0 Å². The first kappa shape index (κ1) is 15.6. The summed E-state index contributed by atoms with van der Waals surface area (Å²) in [5.74, 6) is 2.28. The fourth-order valence-electron chi connectivity index (χ4n) is 2.68. The zero-order valence-corrected chi connectivity index (χ0v) is 13.1. The Bertz CT molecular complexity index is 380. The summed E-state index contributed by atoms with van der Waals surface area (Å²) in [6.45, 7) is 8.52. The summed E-state index contributed by atoms with van der Waals surface area (Å²) in [6, 6.07) is 11.4. The Labute approximate surface area is 127 Å². The second-order valence-corrected chi connectivity index (χ2v) is 6.51. The number of thioether (sulfide) groups is 1. The summed E-state index contributed by atoms with van der Waals surface area (Å²) < 4.78 is 0. The van der Waals surface area contributed by atoms with Crippen molar-refractivity contribution in [2.24, 2.45) is 0 Å². The predicted molar refractivity (Wildman–Crippen MR) is 90.5 cm³/mol. The van der Waals surface area contributed by atoms with Crippen molar-refractivity contribution in [1.29, 1.82) is 0 Å². The van der Waals surface area contributed by atoms with E-state index in [2.05, 4.69) is 47.1 Å². The molecule has 0 aliphatic carbocycles. The molecule has 0 saturated carbocycles. The van der Waals surface area contributed by atoms with Gasteiger partial charge in [0.2, 0.25) is 0 Å². The minimum atomic E-state index is 0.587. The predicted octanol–water partition coefficient (Wildman–Crippen LogP) is 2.81. The molecule has 1 aromatic carbocycles. The summed E-state index contributed by atoms with van der Waals surface area (Å²) >= 11 is 1.98. The van der Waals surface area contributed by atoms with E-state index in [4.69, 9.17) is 0 Å². The highest BCUT2D eigenvalue weighted by atomic mass is 32.2. The van der Waals surface area contributed by atoms with Crippen molar-refractivity contribution < 1.29 is 0 Å². The average molecular weight is 290 g/mol. The van der Waals surface area contributed by atoms with E-state index in [0.717, 1.165) is 18.7 Å². The van der Waals surface area contributed by atoms with Crippen LogP contribution in [0.25, 0.3) is 0 Å². The molecule has 2 nitrogen and oxygen atoms in total. The van der Waals surface area contributed by atoms with Gasteiger partial charge in [-0.1, -0.05) is 36.4 Å². The smallest absolute Gasteiger partial charge is 0.0235 e. The van der Waals surface area contributed by atoms with Gasteiger partial charge in [0.15, 0.2) is 0 Å². The number of hydrogen-bond donors (Lipinski definition) is 1. The topological polar surface area (TPSA) is 15.3 Å². The molecule has 1 fully saturated rings. The molecule has 2 rings (SSSR count). The van der Waals surface area contributed by atoms with Gasteiger partial charge in [-0.05, 0) is 31.5 Å². The third-order valence-electron chi connectivity index (χ3n) is 3.68. The maximum absolute atomic E-state index is 3.77. The number of nitrogens with zero attached hydrogens (tertiary/aromatic N) is 1. The molecule has 0 bridgehead atoms. The van der Waals surface area contributed by atoms with Crippen LogP contribution in [0.15, 0.2) is 43.0 Å². The standard InChI is InChI=1S/C17H26N2S/c1-2-12-20-13-11-19-10-6-9-18-17(15-19)14-16-7-4-3-5-8-16/h2-5,7-8,17-18H,1,6,9-15H2. The molecule has 0 radical (unpaired) electrons. The molecule has 1 aromatic rings. The Morgan fingerprint density at radius 3 is 3.00 bits per heavy atom. The minimum absolute atomic E-state index is 0.587. The Hall–Kier alpha value is -0.770. The van der Waals surface area contributed by atoms with Gasteiger partial charge in [0, 0.05) is 30.6 Å². The van der Waals surface area contributed by atoms with Crippen LogP contribution in [0.5, 0.6) is 0 Å². The quantitative estimate of drug-likeness (QED) is 0.614. The first-order chi connectivity index (χ1) is 9.88. The van der Waals surface area contributed by atoms with E-state index >= 15 is 0 Å². The Kier molecular flexibility index (Phi) is 7.20. The summed E-state index contributed by atoms with van der Waals surface area (Å²) in [5, 5.41) is 3.70. The van der Waals surface area contributed by atoms with Crippen LogP contribution in [-0.4, -0.2) is 48.6 Å². The van der Waals surface area contributed by atoms with Gasteiger partial charge >= 0.3 is 0 Å². The maximum Gasteiger partial charge on any atom is 0.0235 e. The Morgan fingerprint density at radius 2 is 2.20 bits per heavy atom. The molecule has 0 spiro atoms. The SMILES string of the molecule is C=CCSCCN1CCCNC(Cc2ccccc2)C1. The van der Waals surface area contributed by atoms with Crippen LogP contribution in [0.1, 0.15) is 12.0 Å². The Morgan fingerprint density at radius 1 is 1.35 bits per heavy atom. The molecule has 0 aromatic heterocycles. The molecular weight excluding hydrogens is 264 g/mol. The first-order valence-corrected chi connectivity index (χ1v) is 8.72. The molecule has 1 heterocycles. The summed E-state index contributed by atoms with van der Waals surface area (Å²) in [4.78, 5) is 2.61. The number of benzene rings is 1. The highest BCUT2D eigenvalue weighted by Gasteiger charge is 2.17. The van der Waals surface area contributed by atoms with E-state index in [1.165, 1.54) is 37.4 Å². The van der Waals surface area contributed by atoms with Gasteiger partial charge in [-0.15, -0.1) is 6.58 Å². The zero-order valence-electron chi connectivity index (χ0n) is 12.3. The van der Waals surface area contributed by atoms with E-state index in [1.807, 2.05) is 17.8 Å². The highest BCUT2D eigenvalue weighted by Crippen LogP contribution is 2.09. The second-order valence-electron chi connectivity index (χ2n) is 5.36. The van der Waals surface area contributed by atoms with Crippen molar-refractivity contribution in [1.82, 2.24) is 10.2 Å². The normalized spacial score (nSPS) is 20.5. The molecule has 1 unspecified atom stereocenters. The molecule has 110 valence electrons. The third kappa shape index (κ3) is 5.70. The molecule has 1 aliphatic rings. The third-order valence-corrected chi connectivity index (χ3v) is 4.62. The summed E-state index contributed by atoms with van der Waals surface area (Å²) in [5.41, 5.74) is 1.44. The van der Waals surface area contributed by atoms with Crippen molar-refractivity contribution in [3.8, 4) is 0 Å². The van der Waals surface area contributed by atoms with Crippen LogP contribution in [0.3, 0.4) is 0 Å². The van der Waals surface area contributed by atoms with Crippen LogP contribution < -0.4 is 5.32 Å². The van der Waals surface area contributed by atoms with Gasteiger partial charge in [0.05, 0.1) is 0 Å². The molecule has 3 heteroatoms. The molecular formula is C17H26N2S. The van der Waals surface area contributed by atoms with Gasteiger partial charge in [-0.25, -0.2) is 0 Å². The van der Waals surface area contributed by atoms with E-state index in [1.54, 1.807) is 0 Å².